The van der Waals surface area contributed by atoms with Gasteiger partial charge in [-0.05, 0) is 30.7 Å². The molecule has 5 heteroatoms. The molecule has 0 unspecified atom stereocenters. The molecule has 4 nitrogen and oxygen atoms in total. The number of carbonyl (C=O) groups excluding carboxylic acids is 1. The smallest absolute Gasteiger partial charge is 0.226 e. The van der Waals surface area contributed by atoms with Gasteiger partial charge in [0.25, 0.3) is 0 Å². The quantitative estimate of drug-likeness (QED) is 0.757. The van der Waals surface area contributed by atoms with E-state index < -0.39 is 0 Å². The van der Waals surface area contributed by atoms with Crippen LogP contribution in [-0.2, 0) is 4.79 Å². The van der Waals surface area contributed by atoms with Gasteiger partial charge in [-0.25, -0.2) is 4.68 Å². The number of halogens is 1. The fourth-order valence-electron chi connectivity index (χ4n) is 3.21. The number of nitrogens with zero attached hydrogens (tertiary/aromatic N) is 2. The first-order valence-electron chi connectivity index (χ1n) is 7.82. The number of amides is 1. The van der Waals surface area contributed by atoms with Crippen molar-refractivity contribution in [2.45, 2.75) is 19.3 Å². The number of nitrogens with one attached hydrogen (secondary N) is 1. The molecule has 0 aliphatic carbocycles. The van der Waals surface area contributed by atoms with E-state index in [-0.39, 0.29) is 11.8 Å². The Morgan fingerprint density at radius 2 is 2.04 bits per heavy atom. The minimum Gasteiger partial charge on any atom is -0.310 e. The van der Waals surface area contributed by atoms with Crippen LogP contribution in [0.4, 0.5) is 5.82 Å². The van der Waals surface area contributed by atoms with Crippen LogP contribution in [0.25, 0.3) is 5.69 Å². The summed E-state index contributed by atoms with van der Waals surface area (Å²) in [7, 11) is 0. The van der Waals surface area contributed by atoms with Crippen molar-refractivity contribution >= 4 is 23.3 Å². The summed E-state index contributed by atoms with van der Waals surface area (Å²) < 4.78 is 1.74. The van der Waals surface area contributed by atoms with Gasteiger partial charge in [0, 0.05) is 22.9 Å². The van der Waals surface area contributed by atoms with Gasteiger partial charge in [-0.3, -0.25) is 4.79 Å². The highest BCUT2D eigenvalue weighted by Gasteiger charge is 2.30. The molecule has 0 saturated carbocycles. The van der Waals surface area contributed by atoms with Crippen molar-refractivity contribution in [3.05, 3.63) is 76.4 Å². The molecular weight excluding hydrogens is 322 g/mol. The molecule has 1 amide bonds. The zero-order valence-electron chi connectivity index (χ0n) is 13.2. The summed E-state index contributed by atoms with van der Waals surface area (Å²) in [6.07, 6.45) is 2.26. The highest BCUT2D eigenvalue weighted by Crippen LogP contribution is 2.38. The molecule has 2 aromatic carbocycles. The van der Waals surface area contributed by atoms with E-state index in [0.29, 0.717) is 11.4 Å². The van der Waals surface area contributed by atoms with Crippen LogP contribution in [0, 0.1) is 6.92 Å². The van der Waals surface area contributed by atoms with Crippen molar-refractivity contribution in [3.63, 3.8) is 0 Å². The Morgan fingerprint density at radius 3 is 2.83 bits per heavy atom. The second kappa shape index (κ2) is 5.80. The highest BCUT2D eigenvalue weighted by molar-refractivity contribution is 6.30. The maximum absolute atomic E-state index is 12.3. The van der Waals surface area contributed by atoms with Crippen molar-refractivity contribution in [2.75, 3.05) is 5.32 Å². The lowest BCUT2D eigenvalue weighted by Gasteiger charge is -2.24. The lowest BCUT2D eigenvalue weighted by atomic mass is 9.87. The van der Waals surface area contributed by atoms with Gasteiger partial charge in [-0.2, -0.15) is 5.10 Å². The van der Waals surface area contributed by atoms with E-state index in [9.17, 15) is 4.79 Å². The minimum atomic E-state index is -0.00205. The summed E-state index contributed by atoms with van der Waals surface area (Å²) in [5.41, 5.74) is 4.17. The van der Waals surface area contributed by atoms with Gasteiger partial charge in [0.1, 0.15) is 5.82 Å². The molecule has 1 aromatic heterocycles. The second-order valence-electron chi connectivity index (χ2n) is 6.06. The van der Waals surface area contributed by atoms with E-state index in [0.717, 1.165) is 22.6 Å². The predicted octanol–water partition coefficient (Wildman–Crippen LogP) is 4.31. The van der Waals surface area contributed by atoms with Crippen molar-refractivity contribution in [3.8, 4) is 5.69 Å². The largest absolute Gasteiger partial charge is 0.310 e. The fourth-order valence-corrected chi connectivity index (χ4v) is 3.39. The molecule has 0 radical (unpaired) electrons. The predicted molar refractivity (Wildman–Crippen MR) is 94.8 cm³/mol. The fraction of sp³-hybridized carbons (Fsp3) is 0.158. The first-order chi connectivity index (χ1) is 11.6. The molecule has 0 spiro atoms. The van der Waals surface area contributed by atoms with E-state index in [2.05, 4.69) is 35.5 Å². The number of rotatable bonds is 2. The molecule has 2 heterocycles. The molecule has 0 bridgehead atoms. The average molecular weight is 338 g/mol. The first-order valence-corrected chi connectivity index (χ1v) is 8.20. The van der Waals surface area contributed by atoms with Crippen LogP contribution in [0.2, 0.25) is 5.02 Å². The summed E-state index contributed by atoms with van der Waals surface area (Å²) in [5.74, 6) is 0.736. The molecule has 3 aromatic rings. The molecule has 1 aliphatic rings. The Morgan fingerprint density at radius 1 is 1.21 bits per heavy atom. The van der Waals surface area contributed by atoms with E-state index >= 15 is 0 Å². The average Bonchev–Trinajstić information content (AvgIpc) is 2.97. The number of carbonyl (C=O) groups is 1. The number of anilines is 1. The molecule has 24 heavy (non-hydrogen) atoms. The number of aryl methyl sites for hydroxylation is 1. The molecule has 1 N–H and O–H groups in total. The van der Waals surface area contributed by atoms with Gasteiger partial charge in [-0.1, -0.05) is 47.5 Å². The third-order valence-electron chi connectivity index (χ3n) is 4.32. The Hall–Kier alpha value is -2.59. The maximum atomic E-state index is 12.3. The zero-order valence-corrected chi connectivity index (χ0v) is 13.9. The molecule has 1 atom stereocenters. The standard InChI is InChI=1S/C19H16ClN3O/c1-12-4-2-5-13(8-12)16-10-18(24)22-19-17(16)11-21-23(19)15-7-3-6-14(20)9-15/h2-9,11,16H,10H2,1H3,(H,22,24)/t16-/m0/s1. The monoisotopic (exact) mass is 337 g/mol. The SMILES string of the molecule is Cc1cccc([C@@H]2CC(=O)Nc3c2cnn3-c2cccc(Cl)c2)c1. The number of hydrogen-bond donors (Lipinski definition) is 1. The Balaban J connectivity index is 1.83. The van der Waals surface area contributed by atoms with Crippen molar-refractivity contribution in [1.82, 2.24) is 9.78 Å². The highest BCUT2D eigenvalue weighted by atomic mass is 35.5. The van der Waals surface area contributed by atoms with Crippen LogP contribution in [0.15, 0.2) is 54.7 Å². The molecule has 120 valence electrons. The van der Waals surface area contributed by atoms with Crippen LogP contribution in [0.5, 0.6) is 0 Å². The van der Waals surface area contributed by atoms with Crippen LogP contribution < -0.4 is 5.32 Å². The number of hydrogen-bond acceptors (Lipinski definition) is 2. The van der Waals surface area contributed by atoms with Gasteiger partial charge < -0.3 is 5.32 Å². The Labute approximate surface area is 145 Å². The van der Waals surface area contributed by atoms with E-state index in [4.69, 9.17) is 11.6 Å². The second-order valence-corrected chi connectivity index (χ2v) is 6.50. The number of aromatic nitrogens is 2. The first kappa shape index (κ1) is 15.0. The van der Waals surface area contributed by atoms with Gasteiger partial charge in [-0.15, -0.1) is 0 Å². The molecule has 4 rings (SSSR count). The van der Waals surface area contributed by atoms with Gasteiger partial charge in [0.05, 0.1) is 11.9 Å². The van der Waals surface area contributed by atoms with E-state index in [1.165, 1.54) is 5.56 Å². The van der Waals surface area contributed by atoms with E-state index in [1.54, 1.807) is 4.68 Å². The molecule has 0 saturated heterocycles. The van der Waals surface area contributed by atoms with Gasteiger partial charge in [0.15, 0.2) is 0 Å². The summed E-state index contributed by atoms with van der Waals surface area (Å²) in [5, 5.41) is 8.08. The van der Waals surface area contributed by atoms with Crippen molar-refractivity contribution in [1.29, 1.82) is 0 Å². The van der Waals surface area contributed by atoms with E-state index in [1.807, 2.05) is 36.5 Å². The van der Waals surface area contributed by atoms with Crippen LogP contribution >= 0.6 is 11.6 Å². The normalized spacial score (nSPS) is 16.6. The third-order valence-corrected chi connectivity index (χ3v) is 4.55. The maximum Gasteiger partial charge on any atom is 0.226 e. The lowest BCUT2D eigenvalue weighted by molar-refractivity contribution is -0.116. The van der Waals surface area contributed by atoms with Crippen LogP contribution in [-0.4, -0.2) is 15.7 Å². The number of benzene rings is 2. The minimum absolute atomic E-state index is 0.00205. The van der Waals surface area contributed by atoms with Crippen LogP contribution in [0.1, 0.15) is 29.0 Å². The van der Waals surface area contributed by atoms with Gasteiger partial charge in [0.2, 0.25) is 5.91 Å². The zero-order chi connectivity index (χ0) is 16.7. The molecule has 0 fully saturated rings. The summed E-state index contributed by atoms with van der Waals surface area (Å²) in [6.45, 7) is 2.06. The van der Waals surface area contributed by atoms with Crippen LogP contribution in [0.3, 0.4) is 0 Å². The summed E-state index contributed by atoms with van der Waals surface area (Å²) >= 11 is 6.09. The molecule has 1 aliphatic heterocycles. The molecular formula is C19H16ClN3O. The summed E-state index contributed by atoms with van der Waals surface area (Å²) in [4.78, 5) is 12.3. The number of fused-ring (bicyclic) bond motifs is 1. The topological polar surface area (TPSA) is 46.9 Å². The van der Waals surface area contributed by atoms with Gasteiger partial charge >= 0.3 is 0 Å². The third kappa shape index (κ3) is 2.59. The lowest BCUT2D eigenvalue weighted by Crippen LogP contribution is -2.24. The Bertz CT molecular complexity index is 932. The Kier molecular flexibility index (Phi) is 3.62. The van der Waals surface area contributed by atoms with Crippen molar-refractivity contribution in [2.24, 2.45) is 0 Å². The van der Waals surface area contributed by atoms with Crippen molar-refractivity contribution < 1.29 is 4.79 Å². The summed E-state index contributed by atoms with van der Waals surface area (Å²) in [6, 6.07) is 15.7.